The van der Waals surface area contributed by atoms with Gasteiger partial charge in [-0.1, -0.05) is 30.3 Å². The molecule has 13 heavy (non-hydrogen) atoms. The van der Waals surface area contributed by atoms with E-state index in [1.807, 2.05) is 30.3 Å². The average molecular weight is 178 g/mol. The van der Waals surface area contributed by atoms with Gasteiger partial charge < -0.3 is 9.84 Å². The van der Waals surface area contributed by atoms with Crippen molar-refractivity contribution in [1.29, 1.82) is 0 Å². The lowest BCUT2D eigenvalue weighted by atomic mass is 9.98. The highest BCUT2D eigenvalue weighted by molar-refractivity contribution is 5.77. The molecule has 1 N–H and O–H groups in total. The third-order valence-electron chi connectivity index (χ3n) is 2.38. The molecule has 3 nitrogen and oxygen atoms in total. The van der Waals surface area contributed by atoms with Crippen molar-refractivity contribution in [2.45, 2.75) is 18.6 Å². The van der Waals surface area contributed by atoms with E-state index >= 15 is 0 Å². The second-order valence-corrected chi connectivity index (χ2v) is 3.31. The van der Waals surface area contributed by atoms with Crippen molar-refractivity contribution in [1.82, 2.24) is 0 Å². The van der Waals surface area contributed by atoms with Crippen LogP contribution in [0.15, 0.2) is 30.3 Å². The van der Waals surface area contributed by atoms with Gasteiger partial charge in [0.1, 0.15) is 5.60 Å². The van der Waals surface area contributed by atoms with Gasteiger partial charge in [0.05, 0.1) is 0 Å². The fourth-order valence-corrected chi connectivity index (χ4v) is 1.49. The van der Waals surface area contributed by atoms with Crippen LogP contribution >= 0.6 is 0 Å². The van der Waals surface area contributed by atoms with Crippen molar-refractivity contribution in [2.24, 2.45) is 0 Å². The maximum absolute atomic E-state index is 10.6. The number of ether oxygens (including phenoxy) is 1. The lowest BCUT2D eigenvalue weighted by Crippen LogP contribution is -2.15. The summed E-state index contributed by atoms with van der Waals surface area (Å²) in [5.74, 6) is -0.897. The van der Waals surface area contributed by atoms with Crippen molar-refractivity contribution >= 4 is 5.97 Å². The van der Waals surface area contributed by atoms with Crippen LogP contribution in [0.25, 0.3) is 0 Å². The second kappa shape index (κ2) is 2.57. The summed E-state index contributed by atoms with van der Waals surface area (Å²) in [4.78, 5) is 10.6. The minimum absolute atomic E-state index is 0.618. The first-order valence-corrected chi connectivity index (χ1v) is 4.11. The van der Waals surface area contributed by atoms with E-state index in [1.165, 1.54) is 0 Å². The number of aliphatic carboxylic acids is 1. The van der Waals surface area contributed by atoms with Gasteiger partial charge in [0.2, 0.25) is 0 Å². The van der Waals surface area contributed by atoms with Gasteiger partial charge in [0.25, 0.3) is 0 Å². The molecule has 2 rings (SSSR count). The molecule has 0 aromatic heterocycles. The number of hydrogen-bond acceptors (Lipinski definition) is 2. The largest absolute Gasteiger partial charge is 0.479 e. The fourth-order valence-electron chi connectivity index (χ4n) is 1.49. The Balaban J connectivity index is 2.25. The Morgan fingerprint density at radius 3 is 2.54 bits per heavy atom. The molecule has 1 aliphatic rings. The van der Waals surface area contributed by atoms with E-state index < -0.39 is 17.7 Å². The lowest BCUT2D eigenvalue weighted by molar-refractivity contribution is -0.138. The predicted molar refractivity (Wildman–Crippen MR) is 46.3 cm³/mol. The SMILES string of the molecule is C[C@]1(c2ccccc2)O[C@@H]1C(=O)O. The van der Waals surface area contributed by atoms with Crippen LogP contribution in [0.5, 0.6) is 0 Å². The molecule has 0 bridgehead atoms. The Morgan fingerprint density at radius 2 is 2.08 bits per heavy atom. The number of hydrogen-bond donors (Lipinski definition) is 1. The Bertz CT molecular complexity index is 333. The maximum atomic E-state index is 10.6. The Kier molecular flexibility index (Phi) is 1.63. The zero-order valence-electron chi connectivity index (χ0n) is 7.23. The highest BCUT2D eigenvalue weighted by Crippen LogP contribution is 2.45. The van der Waals surface area contributed by atoms with Crippen LogP contribution < -0.4 is 0 Å². The fraction of sp³-hybridized carbons (Fsp3) is 0.300. The summed E-state index contributed by atoms with van der Waals surface area (Å²) in [5.41, 5.74) is 0.301. The Morgan fingerprint density at radius 1 is 1.46 bits per heavy atom. The summed E-state index contributed by atoms with van der Waals surface area (Å²) in [6.07, 6.45) is -0.685. The quantitative estimate of drug-likeness (QED) is 0.696. The number of carboxylic acids is 1. The summed E-state index contributed by atoms with van der Waals surface area (Å²) >= 11 is 0. The van der Waals surface area contributed by atoms with Crippen molar-refractivity contribution in [2.75, 3.05) is 0 Å². The molecule has 1 heterocycles. The maximum Gasteiger partial charge on any atom is 0.336 e. The van der Waals surface area contributed by atoms with Crippen LogP contribution in [0.3, 0.4) is 0 Å². The summed E-state index contributed by atoms with van der Waals surface area (Å²) in [6, 6.07) is 9.40. The molecule has 1 aromatic rings. The van der Waals surface area contributed by atoms with Gasteiger partial charge >= 0.3 is 5.97 Å². The summed E-state index contributed by atoms with van der Waals surface area (Å²) in [5, 5.41) is 8.73. The van der Waals surface area contributed by atoms with Crippen LogP contribution in [-0.2, 0) is 15.1 Å². The first-order chi connectivity index (χ1) is 6.14. The number of benzene rings is 1. The van der Waals surface area contributed by atoms with E-state index in [1.54, 1.807) is 6.92 Å². The molecule has 2 atom stereocenters. The first kappa shape index (κ1) is 8.26. The number of carbonyl (C=O) groups is 1. The predicted octanol–water partition coefficient (Wildman–Crippen LogP) is 1.39. The number of epoxide rings is 1. The number of rotatable bonds is 2. The molecule has 0 saturated carbocycles. The number of carboxylic acid groups (broad SMARTS) is 1. The van der Waals surface area contributed by atoms with Crippen molar-refractivity contribution in [3.8, 4) is 0 Å². The minimum atomic E-state index is -0.897. The summed E-state index contributed by atoms with van der Waals surface area (Å²) in [7, 11) is 0. The molecule has 0 unspecified atom stereocenters. The van der Waals surface area contributed by atoms with Crippen molar-refractivity contribution in [3.05, 3.63) is 35.9 Å². The molecule has 1 saturated heterocycles. The van der Waals surface area contributed by atoms with Crippen molar-refractivity contribution in [3.63, 3.8) is 0 Å². The van der Waals surface area contributed by atoms with Crippen LogP contribution in [0.4, 0.5) is 0 Å². The van der Waals surface area contributed by atoms with E-state index in [0.29, 0.717) is 0 Å². The van der Waals surface area contributed by atoms with Gasteiger partial charge in [-0.15, -0.1) is 0 Å². The molecule has 3 heteroatoms. The lowest BCUT2D eigenvalue weighted by Gasteiger charge is -2.03. The Labute approximate surface area is 76.0 Å². The smallest absolute Gasteiger partial charge is 0.336 e. The molecule has 1 aromatic carbocycles. The molecular formula is C10H10O3. The van der Waals surface area contributed by atoms with E-state index in [9.17, 15) is 4.79 Å². The summed E-state index contributed by atoms with van der Waals surface area (Å²) < 4.78 is 5.15. The van der Waals surface area contributed by atoms with Crippen LogP contribution in [-0.4, -0.2) is 17.2 Å². The van der Waals surface area contributed by atoms with E-state index in [-0.39, 0.29) is 0 Å². The van der Waals surface area contributed by atoms with Gasteiger partial charge in [0, 0.05) is 0 Å². The first-order valence-electron chi connectivity index (χ1n) is 4.11. The van der Waals surface area contributed by atoms with Crippen LogP contribution in [0, 0.1) is 0 Å². The monoisotopic (exact) mass is 178 g/mol. The van der Waals surface area contributed by atoms with E-state index in [0.717, 1.165) is 5.56 Å². The van der Waals surface area contributed by atoms with Gasteiger partial charge in [-0.25, -0.2) is 4.79 Å². The molecule has 0 amide bonds. The van der Waals surface area contributed by atoms with Crippen molar-refractivity contribution < 1.29 is 14.6 Å². The zero-order valence-corrected chi connectivity index (χ0v) is 7.23. The normalized spacial score (nSPS) is 31.3. The third kappa shape index (κ3) is 1.21. The third-order valence-corrected chi connectivity index (χ3v) is 2.38. The second-order valence-electron chi connectivity index (χ2n) is 3.31. The average Bonchev–Trinajstić information content (AvgIpc) is 2.82. The molecule has 0 radical (unpaired) electrons. The Hall–Kier alpha value is -1.35. The van der Waals surface area contributed by atoms with E-state index in [2.05, 4.69) is 0 Å². The molecular weight excluding hydrogens is 168 g/mol. The molecule has 0 spiro atoms. The molecule has 0 aliphatic carbocycles. The zero-order chi connectivity index (χ0) is 9.47. The topological polar surface area (TPSA) is 49.8 Å². The van der Waals surface area contributed by atoms with Crippen LogP contribution in [0.1, 0.15) is 12.5 Å². The molecule has 1 fully saturated rings. The molecule has 68 valence electrons. The minimum Gasteiger partial charge on any atom is -0.479 e. The van der Waals surface area contributed by atoms with Gasteiger partial charge in [-0.3, -0.25) is 0 Å². The van der Waals surface area contributed by atoms with Gasteiger partial charge in [0.15, 0.2) is 6.10 Å². The standard InChI is InChI=1S/C10H10O3/c1-10(8(13-10)9(11)12)7-5-3-2-4-6-7/h2-6,8H,1H3,(H,11,12)/t8-,10-/m1/s1. The van der Waals surface area contributed by atoms with Gasteiger partial charge in [-0.2, -0.15) is 0 Å². The van der Waals surface area contributed by atoms with E-state index in [4.69, 9.17) is 9.84 Å². The highest BCUT2D eigenvalue weighted by atomic mass is 16.6. The molecule has 1 aliphatic heterocycles. The van der Waals surface area contributed by atoms with Crippen LogP contribution in [0.2, 0.25) is 0 Å². The van der Waals surface area contributed by atoms with Gasteiger partial charge in [-0.05, 0) is 12.5 Å². The highest BCUT2D eigenvalue weighted by Gasteiger charge is 2.58. The summed E-state index contributed by atoms with van der Waals surface area (Å²) in [6.45, 7) is 1.79.